The molecule has 0 aliphatic rings. The second-order valence-corrected chi connectivity index (χ2v) is 3.81. The SMILES string of the molecule is CC(=N)c1c(NC(C)C)ccnc1Cl. The highest BCUT2D eigenvalue weighted by molar-refractivity contribution is 6.33. The summed E-state index contributed by atoms with van der Waals surface area (Å²) in [7, 11) is 0. The number of aromatic nitrogens is 1. The minimum Gasteiger partial charge on any atom is -0.382 e. The molecule has 1 aromatic rings. The van der Waals surface area contributed by atoms with E-state index in [4.69, 9.17) is 17.0 Å². The number of nitrogens with zero attached hydrogens (tertiary/aromatic N) is 1. The molecule has 2 N–H and O–H groups in total. The number of hydrogen-bond acceptors (Lipinski definition) is 3. The van der Waals surface area contributed by atoms with Crippen LogP contribution in [0.2, 0.25) is 5.15 Å². The molecule has 3 nitrogen and oxygen atoms in total. The van der Waals surface area contributed by atoms with Gasteiger partial charge in [-0.05, 0) is 26.8 Å². The van der Waals surface area contributed by atoms with E-state index in [0.29, 0.717) is 22.5 Å². The van der Waals surface area contributed by atoms with Gasteiger partial charge in [-0.2, -0.15) is 0 Å². The first-order valence-electron chi connectivity index (χ1n) is 4.49. The van der Waals surface area contributed by atoms with E-state index in [1.807, 2.05) is 19.9 Å². The van der Waals surface area contributed by atoms with Crippen molar-refractivity contribution in [2.24, 2.45) is 0 Å². The second-order valence-electron chi connectivity index (χ2n) is 3.45. The van der Waals surface area contributed by atoms with Gasteiger partial charge in [0.25, 0.3) is 0 Å². The van der Waals surface area contributed by atoms with Gasteiger partial charge in [-0.3, -0.25) is 0 Å². The zero-order valence-corrected chi connectivity index (χ0v) is 9.31. The van der Waals surface area contributed by atoms with E-state index < -0.39 is 0 Å². The molecule has 76 valence electrons. The van der Waals surface area contributed by atoms with E-state index in [1.54, 1.807) is 13.1 Å². The van der Waals surface area contributed by atoms with Gasteiger partial charge in [0.15, 0.2) is 0 Å². The lowest BCUT2D eigenvalue weighted by Crippen LogP contribution is -2.13. The molecule has 0 atom stereocenters. The standard InChI is InChI=1S/C10H14ClN3/c1-6(2)14-8-4-5-13-10(11)9(8)7(3)12/h4-6,12H,1-3H3,(H,13,14). The van der Waals surface area contributed by atoms with Crippen molar-refractivity contribution >= 4 is 23.0 Å². The van der Waals surface area contributed by atoms with Crippen molar-refractivity contribution in [3.8, 4) is 0 Å². The van der Waals surface area contributed by atoms with Crippen LogP contribution in [0, 0.1) is 5.41 Å². The zero-order valence-electron chi connectivity index (χ0n) is 8.56. The fraction of sp³-hybridized carbons (Fsp3) is 0.400. The molecule has 14 heavy (non-hydrogen) atoms. The van der Waals surface area contributed by atoms with Gasteiger partial charge in [-0.15, -0.1) is 0 Å². The highest BCUT2D eigenvalue weighted by atomic mass is 35.5. The van der Waals surface area contributed by atoms with Gasteiger partial charge in [0, 0.05) is 23.6 Å². The van der Waals surface area contributed by atoms with E-state index in [0.717, 1.165) is 5.69 Å². The van der Waals surface area contributed by atoms with Crippen LogP contribution in [0.4, 0.5) is 5.69 Å². The first-order chi connectivity index (χ1) is 6.52. The maximum Gasteiger partial charge on any atom is 0.140 e. The van der Waals surface area contributed by atoms with Gasteiger partial charge in [0.1, 0.15) is 5.15 Å². The third kappa shape index (κ3) is 2.45. The molecule has 0 unspecified atom stereocenters. The molecule has 0 spiro atoms. The smallest absolute Gasteiger partial charge is 0.140 e. The van der Waals surface area contributed by atoms with Crippen molar-refractivity contribution in [3.63, 3.8) is 0 Å². The average molecular weight is 212 g/mol. The molecular formula is C10H14ClN3. The summed E-state index contributed by atoms with van der Waals surface area (Å²) in [5.41, 5.74) is 1.97. The predicted octanol–water partition coefficient (Wildman–Crippen LogP) is 2.94. The summed E-state index contributed by atoms with van der Waals surface area (Å²) >= 11 is 5.92. The molecule has 0 fully saturated rings. The van der Waals surface area contributed by atoms with E-state index in [9.17, 15) is 0 Å². The average Bonchev–Trinajstić information content (AvgIpc) is 2.01. The minimum atomic E-state index is 0.312. The van der Waals surface area contributed by atoms with Crippen LogP contribution in [0.15, 0.2) is 12.3 Å². The van der Waals surface area contributed by atoms with E-state index in [-0.39, 0.29) is 0 Å². The van der Waals surface area contributed by atoms with Crippen molar-refractivity contribution in [2.45, 2.75) is 26.8 Å². The highest BCUT2D eigenvalue weighted by Gasteiger charge is 2.10. The Morgan fingerprint density at radius 2 is 2.21 bits per heavy atom. The number of nitrogens with one attached hydrogen (secondary N) is 2. The Labute approximate surface area is 89.0 Å². The topological polar surface area (TPSA) is 48.8 Å². The van der Waals surface area contributed by atoms with Crippen molar-refractivity contribution < 1.29 is 0 Å². The van der Waals surface area contributed by atoms with Gasteiger partial charge in [-0.25, -0.2) is 4.98 Å². The second kappa shape index (κ2) is 4.42. The lowest BCUT2D eigenvalue weighted by Gasteiger charge is -2.14. The van der Waals surface area contributed by atoms with Crippen LogP contribution in [0.1, 0.15) is 26.3 Å². The summed E-state index contributed by atoms with van der Waals surface area (Å²) in [6, 6.07) is 2.14. The van der Waals surface area contributed by atoms with Crippen LogP contribution in [0.3, 0.4) is 0 Å². The third-order valence-electron chi connectivity index (χ3n) is 1.72. The Morgan fingerprint density at radius 1 is 1.57 bits per heavy atom. The molecule has 1 rings (SSSR count). The molecule has 0 saturated carbocycles. The first kappa shape index (κ1) is 11.0. The van der Waals surface area contributed by atoms with Gasteiger partial charge in [0.2, 0.25) is 0 Å². The first-order valence-corrected chi connectivity index (χ1v) is 4.86. The maximum atomic E-state index is 7.60. The lowest BCUT2D eigenvalue weighted by molar-refractivity contribution is 0.898. The number of hydrogen-bond donors (Lipinski definition) is 2. The van der Waals surface area contributed by atoms with Crippen LogP contribution in [-0.4, -0.2) is 16.7 Å². The molecular weight excluding hydrogens is 198 g/mol. The van der Waals surface area contributed by atoms with Crippen LogP contribution in [0.5, 0.6) is 0 Å². The molecule has 0 aromatic carbocycles. The van der Waals surface area contributed by atoms with Crippen LogP contribution in [0.25, 0.3) is 0 Å². The zero-order chi connectivity index (χ0) is 10.7. The molecule has 0 amide bonds. The van der Waals surface area contributed by atoms with Crippen LogP contribution < -0.4 is 5.32 Å². The number of anilines is 1. The summed E-state index contributed by atoms with van der Waals surface area (Å²) < 4.78 is 0. The van der Waals surface area contributed by atoms with Crippen LogP contribution in [-0.2, 0) is 0 Å². The van der Waals surface area contributed by atoms with E-state index in [1.165, 1.54) is 0 Å². The van der Waals surface area contributed by atoms with Gasteiger partial charge in [-0.1, -0.05) is 11.6 Å². The summed E-state index contributed by atoms with van der Waals surface area (Å²) in [6.45, 7) is 5.78. The largest absolute Gasteiger partial charge is 0.382 e. The quantitative estimate of drug-likeness (QED) is 0.597. The lowest BCUT2D eigenvalue weighted by atomic mass is 10.1. The summed E-state index contributed by atoms with van der Waals surface area (Å²) in [5.74, 6) is 0. The molecule has 0 aliphatic carbocycles. The van der Waals surface area contributed by atoms with E-state index >= 15 is 0 Å². The minimum absolute atomic E-state index is 0.312. The fourth-order valence-electron chi connectivity index (χ4n) is 1.22. The van der Waals surface area contributed by atoms with Gasteiger partial charge in [0.05, 0.1) is 5.56 Å². The highest BCUT2D eigenvalue weighted by Crippen LogP contribution is 2.22. The Bertz CT molecular complexity index is 347. The van der Waals surface area contributed by atoms with Gasteiger partial charge < -0.3 is 10.7 Å². The molecule has 4 heteroatoms. The maximum absolute atomic E-state index is 7.60. The molecule has 0 bridgehead atoms. The normalized spacial score (nSPS) is 10.4. The predicted molar refractivity (Wildman–Crippen MR) is 60.5 cm³/mol. The molecule has 1 aromatic heterocycles. The Hall–Kier alpha value is -1.09. The third-order valence-corrected chi connectivity index (χ3v) is 2.01. The Balaban J connectivity index is 3.14. The molecule has 0 radical (unpaired) electrons. The van der Waals surface area contributed by atoms with Gasteiger partial charge >= 0.3 is 0 Å². The molecule has 0 aliphatic heterocycles. The van der Waals surface area contributed by atoms with Crippen molar-refractivity contribution in [1.82, 2.24) is 4.98 Å². The summed E-state index contributed by atoms with van der Waals surface area (Å²) in [4.78, 5) is 3.95. The van der Waals surface area contributed by atoms with E-state index in [2.05, 4.69) is 10.3 Å². The van der Waals surface area contributed by atoms with Crippen molar-refractivity contribution in [1.29, 1.82) is 5.41 Å². The molecule has 0 saturated heterocycles. The van der Waals surface area contributed by atoms with Crippen molar-refractivity contribution in [3.05, 3.63) is 23.0 Å². The number of halogens is 1. The Kier molecular flexibility index (Phi) is 3.47. The number of rotatable bonds is 3. The molecule has 1 heterocycles. The fourth-order valence-corrected chi connectivity index (χ4v) is 1.52. The summed E-state index contributed by atoms with van der Waals surface area (Å²) in [5, 5.41) is 11.2. The van der Waals surface area contributed by atoms with Crippen molar-refractivity contribution in [2.75, 3.05) is 5.32 Å². The van der Waals surface area contributed by atoms with Crippen LogP contribution >= 0.6 is 11.6 Å². The Morgan fingerprint density at radius 3 is 2.71 bits per heavy atom. The monoisotopic (exact) mass is 211 g/mol. The summed E-state index contributed by atoms with van der Waals surface area (Å²) in [6.07, 6.45) is 1.64. The number of pyridine rings is 1.